The number of likely N-dealkylation sites (N-methyl/N-ethyl adjacent to an activating group) is 1. The van der Waals surface area contributed by atoms with Gasteiger partial charge >= 0.3 is 5.97 Å². The second-order valence-corrected chi connectivity index (χ2v) is 4.78. The van der Waals surface area contributed by atoms with E-state index in [1.807, 2.05) is 6.20 Å². The van der Waals surface area contributed by atoms with Crippen molar-refractivity contribution in [1.82, 2.24) is 15.1 Å². The van der Waals surface area contributed by atoms with Crippen molar-refractivity contribution in [2.45, 2.75) is 45.2 Å². The monoisotopic (exact) mass is 269 g/mol. The standard InChI is InChI=1S/C13H23N3O3/c1-4-8-19-11-9-15-16(10-11)7-5-6-13(2,14-3)12(17)18/h9-10,14H,4-8H2,1-3H3,(H,17,18). The molecule has 0 radical (unpaired) electrons. The zero-order valence-corrected chi connectivity index (χ0v) is 11.8. The second kappa shape index (κ2) is 7.13. The van der Waals surface area contributed by atoms with Crippen molar-refractivity contribution >= 4 is 5.97 Å². The fourth-order valence-corrected chi connectivity index (χ4v) is 1.69. The van der Waals surface area contributed by atoms with Crippen LogP contribution < -0.4 is 10.1 Å². The molecule has 1 aromatic rings. The first kappa shape index (κ1) is 15.5. The lowest BCUT2D eigenvalue weighted by Gasteiger charge is -2.23. The first-order valence-electron chi connectivity index (χ1n) is 6.59. The van der Waals surface area contributed by atoms with Crippen molar-refractivity contribution in [1.29, 1.82) is 0 Å². The van der Waals surface area contributed by atoms with E-state index in [1.54, 1.807) is 24.9 Å². The fraction of sp³-hybridized carbons (Fsp3) is 0.692. The van der Waals surface area contributed by atoms with Crippen LogP contribution in [0.15, 0.2) is 12.4 Å². The van der Waals surface area contributed by atoms with Crippen molar-refractivity contribution in [3.8, 4) is 5.75 Å². The van der Waals surface area contributed by atoms with Crippen LogP contribution in [0.25, 0.3) is 0 Å². The van der Waals surface area contributed by atoms with Crippen LogP contribution in [0, 0.1) is 0 Å². The maximum absolute atomic E-state index is 11.1. The molecule has 0 aliphatic rings. The van der Waals surface area contributed by atoms with E-state index in [1.165, 1.54) is 0 Å². The lowest BCUT2D eigenvalue weighted by atomic mass is 9.96. The van der Waals surface area contributed by atoms with Gasteiger partial charge in [0.2, 0.25) is 0 Å². The van der Waals surface area contributed by atoms with Crippen LogP contribution in [-0.2, 0) is 11.3 Å². The number of hydrogen-bond donors (Lipinski definition) is 2. The highest BCUT2D eigenvalue weighted by Gasteiger charge is 2.30. The quantitative estimate of drug-likeness (QED) is 0.710. The molecule has 0 spiro atoms. The summed E-state index contributed by atoms with van der Waals surface area (Å²) in [5, 5.41) is 16.2. The van der Waals surface area contributed by atoms with Crippen molar-refractivity contribution in [3.63, 3.8) is 0 Å². The fourth-order valence-electron chi connectivity index (χ4n) is 1.69. The Hall–Kier alpha value is -1.56. The summed E-state index contributed by atoms with van der Waals surface area (Å²) in [6.45, 7) is 5.10. The maximum atomic E-state index is 11.1. The van der Waals surface area contributed by atoms with Gasteiger partial charge in [-0.15, -0.1) is 0 Å². The molecule has 2 N–H and O–H groups in total. The van der Waals surface area contributed by atoms with Crippen molar-refractivity contribution in [2.24, 2.45) is 0 Å². The summed E-state index contributed by atoms with van der Waals surface area (Å²) in [6.07, 6.45) is 5.77. The summed E-state index contributed by atoms with van der Waals surface area (Å²) < 4.78 is 7.23. The number of aliphatic carboxylic acids is 1. The van der Waals surface area contributed by atoms with Crippen LogP contribution in [-0.4, -0.2) is 40.0 Å². The number of aromatic nitrogens is 2. The molecule has 0 fully saturated rings. The number of carboxylic acid groups (broad SMARTS) is 1. The predicted octanol–water partition coefficient (Wildman–Crippen LogP) is 1.51. The average Bonchev–Trinajstić information content (AvgIpc) is 2.83. The largest absolute Gasteiger partial charge is 0.490 e. The third-order valence-corrected chi connectivity index (χ3v) is 3.17. The lowest BCUT2D eigenvalue weighted by Crippen LogP contribution is -2.47. The molecule has 0 aliphatic carbocycles. The molecule has 0 saturated carbocycles. The molecular weight excluding hydrogens is 246 g/mol. The molecule has 0 amide bonds. The van der Waals surface area contributed by atoms with Gasteiger partial charge in [0.15, 0.2) is 5.75 Å². The Balaban J connectivity index is 2.40. The number of carboxylic acids is 1. The molecule has 0 aromatic carbocycles. The van der Waals surface area contributed by atoms with Gasteiger partial charge in [-0.2, -0.15) is 5.10 Å². The first-order valence-corrected chi connectivity index (χ1v) is 6.59. The number of rotatable bonds is 9. The molecule has 1 atom stereocenters. The number of carbonyl (C=O) groups is 1. The van der Waals surface area contributed by atoms with Crippen LogP contribution in [0.3, 0.4) is 0 Å². The molecule has 0 saturated heterocycles. The topological polar surface area (TPSA) is 76.4 Å². The zero-order valence-electron chi connectivity index (χ0n) is 11.8. The third-order valence-electron chi connectivity index (χ3n) is 3.17. The molecule has 1 aromatic heterocycles. The smallest absolute Gasteiger partial charge is 0.323 e. The average molecular weight is 269 g/mol. The van der Waals surface area contributed by atoms with Gasteiger partial charge in [0.1, 0.15) is 5.54 Å². The van der Waals surface area contributed by atoms with Gasteiger partial charge in [0.05, 0.1) is 19.0 Å². The Morgan fingerprint density at radius 3 is 2.95 bits per heavy atom. The third kappa shape index (κ3) is 4.55. The van der Waals surface area contributed by atoms with Crippen molar-refractivity contribution in [3.05, 3.63) is 12.4 Å². The molecule has 6 nitrogen and oxygen atoms in total. The van der Waals surface area contributed by atoms with Crippen LogP contribution in [0.2, 0.25) is 0 Å². The predicted molar refractivity (Wildman–Crippen MR) is 72.3 cm³/mol. The Kier molecular flexibility index (Phi) is 5.82. The van der Waals surface area contributed by atoms with Gasteiger partial charge in [-0.25, -0.2) is 0 Å². The Morgan fingerprint density at radius 2 is 2.37 bits per heavy atom. The SMILES string of the molecule is CCCOc1cnn(CCCC(C)(NC)C(=O)O)c1. The maximum Gasteiger partial charge on any atom is 0.323 e. The summed E-state index contributed by atoms with van der Waals surface area (Å²) in [4.78, 5) is 11.1. The Morgan fingerprint density at radius 1 is 1.63 bits per heavy atom. The van der Waals surface area contributed by atoms with E-state index in [9.17, 15) is 4.79 Å². The van der Waals surface area contributed by atoms with E-state index >= 15 is 0 Å². The van der Waals surface area contributed by atoms with Gasteiger partial charge in [-0.3, -0.25) is 9.48 Å². The summed E-state index contributed by atoms with van der Waals surface area (Å²) in [6, 6.07) is 0. The molecule has 0 aliphatic heterocycles. The summed E-state index contributed by atoms with van der Waals surface area (Å²) >= 11 is 0. The zero-order chi connectivity index (χ0) is 14.3. The summed E-state index contributed by atoms with van der Waals surface area (Å²) in [7, 11) is 1.67. The molecule has 6 heteroatoms. The number of nitrogens with zero attached hydrogens (tertiary/aromatic N) is 2. The summed E-state index contributed by atoms with van der Waals surface area (Å²) in [5.74, 6) is -0.0705. The van der Waals surface area contributed by atoms with Crippen molar-refractivity contribution in [2.75, 3.05) is 13.7 Å². The van der Waals surface area contributed by atoms with Crippen LogP contribution >= 0.6 is 0 Å². The normalized spacial score (nSPS) is 14.1. The molecule has 1 rings (SSSR count). The molecular formula is C13H23N3O3. The van der Waals surface area contributed by atoms with E-state index in [0.717, 1.165) is 18.6 Å². The van der Waals surface area contributed by atoms with Gasteiger partial charge in [0, 0.05) is 6.54 Å². The van der Waals surface area contributed by atoms with Crippen LogP contribution in [0.4, 0.5) is 0 Å². The molecule has 19 heavy (non-hydrogen) atoms. The van der Waals surface area contributed by atoms with E-state index in [4.69, 9.17) is 9.84 Å². The van der Waals surface area contributed by atoms with Gasteiger partial charge < -0.3 is 15.2 Å². The van der Waals surface area contributed by atoms with Gasteiger partial charge in [-0.1, -0.05) is 6.92 Å². The van der Waals surface area contributed by atoms with Crippen LogP contribution in [0.1, 0.15) is 33.1 Å². The van der Waals surface area contributed by atoms with E-state index < -0.39 is 11.5 Å². The highest BCUT2D eigenvalue weighted by Crippen LogP contribution is 2.14. The molecule has 1 unspecified atom stereocenters. The second-order valence-electron chi connectivity index (χ2n) is 4.78. The van der Waals surface area contributed by atoms with Crippen molar-refractivity contribution < 1.29 is 14.6 Å². The number of ether oxygens (including phenoxy) is 1. The minimum atomic E-state index is -0.880. The highest BCUT2D eigenvalue weighted by molar-refractivity contribution is 5.78. The number of nitrogens with one attached hydrogen (secondary N) is 1. The van der Waals surface area contributed by atoms with Crippen LogP contribution in [0.5, 0.6) is 5.75 Å². The summed E-state index contributed by atoms with van der Waals surface area (Å²) in [5.41, 5.74) is -0.880. The Labute approximate surface area is 113 Å². The first-order chi connectivity index (χ1) is 9.01. The minimum absolute atomic E-state index is 0.545. The molecule has 1 heterocycles. The lowest BCUT2D eigenvalue weighted by molar-refractivity contribution is -0.144. The number of hydrogen-bond acceptors (Lipinski definition) is 4. The highest BCUT2D eigenvalue weighted by atomic mass is 16.5. The number of aryl methyl sites for hydroxylation is 1. The minimum Gasteiger partial charge on any atom is -0.490 e. The van der Waals surface area contributed by atoms with E-state index in [-0.39, 0.29) is 0 Å². The van der Waals surface area contributed by atoms with Gasteiger partial charge in [0.25, 0.3) is 0 Å². The van der Waals surface area contributed by atoms with E-state index in [0.29, 0.717) is 19.6 Å². The molecule has 108 valence electrons. The van der Waals surface area contributed by atoms with E-state index in [2.05, 4.69) is 17.3 Å². The molecule has 0 bridgehead atoms. The van der Waals surface area contributed by atoms with Gasteiger partial charge in [-0.05, 0) is 33.2 Å². The Bertz CT molecular complexity index is 406.